The van der Waals surface area contributed by atoms with Crippen LogP contribution in [0.4, 0.5) is 16.2 Å². The first-order chi connectivity index (χ1) is 13.5. The van der Waals surface area contributed by atoms with Crippen molar-refractivity contribution in [2.24, 2.45) is 5.92 Å². The number of hydrogen-bond acceptors (Lipinski definition) is 5. The Morgan fingerprint density at radius 2 is 1.66 bits per heavy atom. The number of para-hydroxylation sites is 1. The molecular weight excluding hydrogens is 370 g/mol. The number of alkyl carbamates (subject to hydrolysis) is 1. The van der Waals surface area contributed by atoms with Gasteiger partial charge in [-0.15, -0.1) is 0 Å². The number of nitrogens with one attached hydrogen (secondary N) is 2. The molecule has 0 spiro atoms. The second-order valence-corrected chi connectivity index (χ2v) is 8.02. The Labute approximate surface area is 171 Å². The summed E-state index contributed by atoms with van der Waals surface area (Å²) in [6, 6.07) is 13.5. The van der Waals surface area contributed by atoms with Gasteiger partial charge in [-0.05, 0) is 51.0 Å². The predicted octanol–water partition coefficient (Wildman–Crippen LogP) is 4.55. The summed E-state index contributed by atoms with van der Waals surface area (Å²) in [4.78, 5) is 24.9. The van der Waals surface area contributed by atoms with Gasteiger partial charge in [-0.3, -0.25) is 4.79 Å². The van der Waals surface area contributed by atoms with E-state index in [0.29, 0.717) is 22.9 Å². The van der Waals surface area contributed by atoms with Crippen LogP contribution in [0.3, 0.4) is 0 Å². The van der Waals surface area contributed by atoms with E-state index in [9.17, 15) is 9.59 Å². The molecule has 0 fully saturated rings. The van der Waals surface area contributed by atoms with E-state index in [1.54, 1.807) is 39.0 Å². The van der Waals surface area contributed by atoms with Crippen molar-refractivity contribution in [3.05, 3.63) is 48.5 Å². The molecule has 0 aromatic heterocycles. The lowest BCUT2D eigenvalue weighted by atomic mass is 10.0. The van der Waals surface area contributed by atoms with Gasteiger partial charge >= 0.3 is 6.09 Å². The van der Waals surface area contributed by atoms with Gasteiger partial charge in [-0.2, -0.15) is 0 Å². The Hall–Kier alpha value is -3.22. The molecule has 0 bridgehead atoms. The fourth-order valence-corrected chi connectivity index (χ4v) is 2.51. The molecule has 0 saturated carbocycles. The third-order valence-electron chi connectivity index (χ3n) is 3.88. The summed E-state index contributed by atoms with van der Waals surface area (Å²) in [6.07, 6.45) is -0.652. The maximum Gasteiger partial charge on any atom is 0.408 e. The summed E-state index contributed by atoms with van der Waals surface area (Å²) < 4.78 is 11.0. The van der Waals surface area contributed by atoms with E-state index in [1.807, 2.05) is 44.2 Å². The van der Waals surface area contributed by atoms with E-state index in [1.165, 1.54) is 0 Å². The highest BCUT2D eigenvalue weighted by atomic mass is 16.6. The van der Waals surface area contributed by atoms with E-state index in [4.69, 9.17) is 15.2 Å². The number of ether oxygens (including phenoxy) is 2. The highest BCUT2D eigenvalue weighted by Gasteiger charge is 2.27. The Morgan fingerprint density at radius 3 is 2.24 bits per heavy atom. The van der Waals surface area contributed by atoms with Crippen LogP contribution in [0.5, 0.6) is 11.5 Å². The summed E-state index contributed by atoms with van der Waals surface area (Å²) in [6.45, 7) is 8.95. The molecule has 2 aromatic carbocycles. The third kappa shape index (κ3) is 7.03. The van der Waals surface area contributed by atoms with Crippen molar-refractivity contribution in [2.45, 2.75) is 46.3 Å². The van der Waals surface area contributed by atoms with Gasteiger partial charge in [0.15, 0.2) is 0 Å². The van der Waals surface area contributed by atoms with Crippen molar-refractivity contribution in [3.8, 4) is 11.5 Å². The molecule has 2 aromatic rings. The lowest BCUT2D eigenvalue weighted by molar-refractivity contribution is -0.119. The Kier molecular flexibility index (Phi) is 7.09. The van der Waals surface area contributed by atoms with Crippen LogP contribution >= 0.6 is 0 Å². The lowest BCUT2D eigenvalue weighted by Crippen LogP contribution is -2.48. The fourth-order valence-electron chi connectivity index (χ4n) is 2.51. The average Bonchev–Trinajstić information content (AvgIpc) is 2.61. The summed E-state index contributed by atoms with van der Waals surface area (Å²) in [5.41, 5.74) is 6.14. The van der Waals surface area contributed by atoms with Gasteiger partial charge in [0.05, 0.1) is 11.4 Å². The molecule has 1 unspecified atom stereocenters. The summed E-state index contributed by atoms with van der Waals surface area (Å²) in [5, 5.41) is 5.39. The zero-order valence-electron chi connectivity index (χ0n) is 17.5. The minimum atomic E-state index is -0.789. The smallest absolute Gasteiger partial charge is 0.408 e. The number of amides is 2. The van der Waals surface area contributed by atoms with Crippen LogP contribution in [0.2, 0.25) is 0 Å². The molecule has 4 N–H and O–H groups in total. The number of hydrogen-bond donors (Lipinski definition) is 3. The van der Waals surface area contributed by atoms with E-state index >= 15 is 0 Å². The van der Waals surface area contributed by atoms with Crippen molar-refractivity contribution >= 4 is 23.4 Å². The normalized spacial score (nSPS) is 12.2. The number of carbonyl (C=O) groups is 2. The summed E-state index contributed by atoms with van der Waals surface area (Å²) >= 11 is 0. The number of nitrogen functional groups attached to an aromatic ring is 1. The van der Waals surface area contributed by atoms with Crippen molar-refractivity contribution < 1.29 is 19.1 Å². The van der Waals surface area contributed by atoms with Gasteiger partial charge < -0.3 is 25.8 Å². The molecule has 0 saturated heterocycles. The van der Waals surface area contributed by atoms with Gasteiger partial charge in [0.1, 0.15) is 23.1 Å². The molecular formula is C22H29N3O4. The van der Waals surface area contributed by atoms with Gasteiger partial charge in [0.2, 0.25) is 5.91 Å². The van der Waals surface area contributed by atoms with Gasteiger partial charge in [-0.25, -0.2) is 4.79 Å². The molecule has 2 rings (SSSR count). The van der Waals surface area contributed by atoms with Crippen LogP contribution in [0, 0.1) is 5.92 Å². The predicted molar refractivity (Wildman–Crippen MR) is 114 cm³/mol. The molecule has 0 aliphatic heterocycles. The number of nitrogens with two attached hydrogens (primary N) is 1. The van der Waals surface area contributed by atoms with Crippen molar-refractivity contribution in [1.29, 1.82) is 0 Å². The molecule has 2 amide bonds. The molecule has 0 aliphatic carbocycles. The summed E-state index contributed by atoms with van der Waals surface area (Å²) in [7, 11) is 0. The van der Waals surface area contributed by atoms with Crippen LogP contribution in [-0.4, -0.2) is 23.6 Å². The first kappa shape index (κ1) is 22.1. The van der Waals surface area contributed by atoms with E-state index in [2.05, 4.69) is 10.6 Å². The Bertz CT molecular complexity index is 845. The molecule has 0 aliphatic rings. The third-order valence-corrected chi connectivity index (χ3v) is 3.88. The van der Waals surface area contributed by atoms with Crippen molar-refractivity contribution in [1.82, 2.24) is 5.32 Å². The number of carbonyl (C=O) groups excluding carboxylic acids is 2. The second kappa shape index (κ2) is 9.32. The zero-order valence-corrected chi connectivity index (χ0v) is 17.5. The monoisotopic (exact) mass is 399 g/mol. The van der Waals surface area contributed by atoms with Gasteiger partial charge in [0.25, 0.3) is 0 Å². The molecule has 0 radical (unpaired) electrons. The van der Waals surface area contributed by atoms with Crippen LogP contribution in [0.15, 0.2) is 48.5 Å². The number of anilines is 2. The summed E-state index contributed by atoms with van der Waals surface area (Å²) in [5.74, 6) is 0.644. The molecule has 0 heterocycles. The largest absolute Gasteiger partial charge is 0.457 e. The zero-order chi connectivity index (χ0) is 21.6. The average molecular weight is 399 g/mol. The number of rotatable bonds is 6. The van der Waals surface area contributed by atoms with Gasteiger partial charge in [0, 0.05) is 6.07 Å². The maximum absolute atomic E-state index is 12.8. The minimum Gasteiger partial charge on any atom is -0.457 e. The maximum atomic E-state index is 12.8. The van der Waals surface area contributed by atoms with E-state index in [0.717, 1.165) is 0 Å². The van der Waals surface area contributed by atoms with Crippen LogP contribution in [0.1, 0.15) is 34.6 Å². The molecule has 156 valence electrons. The fraction of sp³-hybridized carbons (Fsp3) is 0.364. The Balaban J connectivity index is 2.12. The minimum absolute atomic E-state index is 0.160. The molecule has 1 atom stereocenters. The molecule has 29 heavy (non-hydrogen) atoms. The van der Waals surface area contributed by atoms with Crippen molar-refractivity contribution in [3.63, 3.8) is 0 Å². The highest BCUT2D eigenvalue weighted by Crippen LogP contribution is 2.28. The van der Waals surface area contributed by atoms with E-state index in [-0.39, 0.29) is 5.92 Å². The van der Waals surface area contributed by atoms with Gasteiger partial charge in [-0.1, -0.05) is 32.0 Å². The molecule has 7 heteroatoms. The standard InChI is InChI=1S/C22H29N3O4/c1-14(2)19(25-21(27)29-22(3,4)5)20(26)24-18-13-16(11-12-17(18)23)28-15-9-7-6-8-10-15/h6-14,19H,23H2,1-5H3,(H,24,26)(H,25,27). The van der Waals surface area contributed by atoms with E-state index < -0.39 is 23.6 Å². The Morgan fingerprint density at radius 1 is 1.00 bits per heavy atom. The van der Waals surface area contributed by atoms with Crippen LogP contribution in [0.25, 0.3) is 0 Å². The second-order valence-electron chi connectivity index (χ2n) is 8.02. The first-order valence-electron chi connectivity index (χ1n) is 9.48. The van der Waals surface area contributed by atoms with Crippen LogP contribution < -0.4 is 21.1 Å². The number of benzene rings is 2. The lowest BCUT2D eigenvalue weighted by Gasteiger charge is -2.25. The SMILES string of the molecule is CC(C)C(NC(=O)OC(C)(C)C)C(=O)Nc1cc(Oc2ccccc2)ccc1N. The van der Waals surface area contributed by atoms with Crippen molar-refractivity contribution in [2.75, 3.05) is 11.1 Å². The highest BCUT2D eigenvalue weighted by molar-refractivity contribution is 5.99. The first-order valence-corrected chi connectivity index (χ1v) is 9.48. The molecule has 7 nitrogen and oxygen atoms in total. The quantitative estimate of drug-likeness (QED) is 0.619. The topological polar surface area (TPSA) is 103 Å². The van der Waals surface area contributed by atoms with Crippen LogP contribution in [-0.2, 0) is 9.53 Å².